The molecule has 29 heavy (non-hydrogen) atoms. The van der Waals surface area contributed by atoms with E-state index in [4.69, 9.17) is 32.7 Å². The largest absolute Gasteiger partial charge is 0.486 e. The molecule has 0 bridgehead atoms. The van der Waals surface area contributed by atoms with Crippen LogP contribution in [0.3, 0.4) is 0 Å². The van der Waals surface area contributed by atoms with Crippen LogP contribution < -0.4 is 14.8 Å². The molecule has 0 saturated carbocycles. The molecule has 0 spiro atoms. The van der Waals surface area contributed by atoms with Gasteiger partial charge >= 0.3 is 0 Å². The molecule has 148 valence electrons. The first-order valence-electron chi connectivity index (χ1n) is 8.95. The number of rotatable bonds is 4. The maximum Gasteiger partial charge on any atom is 0.255 e. The predicted molar refractivity (Wildman–Crippen MR) is 112 cm³/mol. The highest BCUT2D eigenvalue weighted by Gasteiger charge is 2.22. The highest BCUT2D eigenvalue weighted by molar-refractivity contribution is 6.31. The molecule has 0 aromatic heterocycles. The number of carbonyl (C=O) groups is 1. The minimum atomic E-state index is -1.00. The third kappa shape index (κ3) is 4.32. The second-order valence-corrected chi connectivity index (χ2v) is 7.37. The maximum absolute atomic E-state index is 12.7. The molecule has 0 saturated heterocycles. The molecule has 1 atom stereocenters. The maximum atomic E-state index is 12.7. The topological polar surface area (TPSA) is 67.8 Å². The molecule has 0 unspecified atom stereocenters. The zero-order chi connectivity index (χ0) is 20.4. The number of hydrogen-bond acceptors (Lipinski definition) is 4. The number of anilines is 1. The number of aliphatic hydroxyl groups excluding tert-OH is 1. The Hall–Kier alpha value is -2.73. The number of ether oxygens (including phenoxy) is 2. The Labute approximate surface area is 177 Å². The molecule has 1 heterocycles. The first-order chi connectivity index (χ1) is 14.0. The molecular weight excluding hydrogens is 413 g/mol. The van der Waals surface area contributed by atoms with Crippen molar-refractivity contribution in [1.29, 1.82) is 0 Å². The van der Waals surface area contributed by atoms with Gasteiger partial charge in [0.25, 0.3) is 5.91 Å². The van der Waals surface area contributed by atoms with E-state index in [1.165, 1.54) is 0 Å². The molecule has 0 fully saturated rings. The number of carbonyl (C=O) groups excluding carboxylic acids is 1. The number of aliphatic hydroxyl groups is 1. The average molecular weight is 430 g/mol. The van der Waals surface area contributed by atoms with Crippen molar-refractivity contribution in [3.8, 4) is 11.5 Å². The van der Waals surface area contributed by atoms with Gasteiger partial charge in [-0.15, -0.1) is 0 Å². The van der Waals surface area contributed by atoms with Crippen molar-refractivity contribution in [2.45, 2.75) is 6.10 Å². The highest BCUT2D eigenvalue weighted by Crippen LogP contribution is 2.40. The van der Waals surface area contributed by atoms with Gasteiger partial charge in [0, 0.05) is 27.2 Å². The normalized spacial score (nSPS) is 13.6. The van der Waals surface area contributed by atoms with Gasteiger partial charge in [-0.2, -0.15) is 0 Å². The summed E-state index contributed by atoms with van der Waals surface area (Å²) in [6.07, 6.45) is -1.00. The summed E-state index contributed by atoms with van der Waals surface area (Å²) in [6.45, 7) is 0.825. The summed E-state index contributed by atoms with van der Waals surface area (Å²) >= 11 is 11.9. The van der Waals surface area contributed by atoms with Gasteiger partial charge in [0.15, 0.2) is 11.5 Å². The van der Waals surface area contributed by atoms with Gasteiger partial charge in [0.05, 0.1) is 5.69 Å². The molecule has 7 heteroatoms. The Bertz CT molecular complexity index is 1050. The van der Waals surface area contributed by atoms with E-state index in [0.717, 1.165) is 0 Å². The van der Waals surface area contributed by atoms with Crippen molar-refractivity contribution in [3.63, 3.8) is 0 Å². The van der Waals surface area contributed by atoms with Crippen molar-refractivity contribution < 1.29 is 19.4 Å². The summed E-state index contributed by atoms with van der Waals surface area (Å²) in [5.74, 6) is 0.665. The number of benzene rings is 3. The first-order valence-corrected chi connectivity index (χ1v) is 9.71. The second-order valence-electron chi connectivity index (χ2n) is 6.50. The molecule has 4 rings (SSSR count). The summed E-state index contributed by atoms with van der Waals surface area (Å²) < 4.78 is 11.3. The van der Waals surface area contributed by atoms with Gasteiger partial charge < -0.3 is 19.9 Å². The van der Waals surface area contributed by atoms with E-state index in [0.29, 0.717) is 57.1 Å². The predicted octanol–water partition coefficient (Wildman–Crippen LogP) is 5.10. The van der Waals surface area contributed by atoms with E-state index in [-0.39, 0.29) is 5.91 Å². The second kappa shape index (κ2) is 8.33. The molecule has 1 aliphatic heterocycles. The number of hydrogen-bond donors (Lipinski definition) is 2. The molecule has 0 radical (unpaired) electrons. The van der Waals surface area contributed by atoms with Crippen LogP contribution in [0.5, 0.6) is 11.5 Å². The Balaban J connectivity index is 1.73. The third-order valence-electron chi connectivity index (χ3n) is 4.53. The summed E-state index contributed by atoms with van der Waals surface area (Å²) in [5.41, 5.74) is 1.93. The minimum Gasteiger partial charge on any atom is -0.486 e. The number of nitrogens with one attached hydrogen (secondary N) is 1. The van der Waals surface area contributed by atoms with E-state index < -0.39 is 6.10 Å². The van der Waals surface area contributed by atoms with E-state index in [1.807, 2.05) is 0 Å². The Morgan fingerprint density at radius 1 is 0.931 bits per heavy atom. The van der Waals surface area contributed by atoms with Crippen LogP contribution in [0.4, 0.5) is 5.69 Å². The summed E-state index contributed by atoms with van der Waals surface area (Å²) in [5, 5.41) is 14.9. The van der Waals surface area contributed by atoms with Crippen LogP contribution in [0.15, 0.2) is 60.7 Å². The molecule has 0 aliphatic carbocycles. The SMILES string of the molecule is O=C(Nc1cc2c(cc1[C@@H](O)c1ccc(Cl)cc1)OCCO2)c1cccc(Cl)c1. The lowest BCUT2D eigenvalue weighted by molar-refractivity contribution is 0.102. The van der Waals surface area contributed by atoms with Crippen LogP contribution in [0.25, 0.3) is 0 Å². The third-order valence-corrected chi connectivity index (χ3v) is 5.02. The van der Waals surface area contributed by atoms with Crippen molar-refractivity contribution in [3.05, 3.63) is 87.4 Å². The van der Waals surface area contributed by atoms with Crippen molar-refractivity contribution in [2.24, 2.45) is 0 Å². The quantitative estimate of drug-likeness (QED) is 0.605. The van der Waals surface area contributed by atoms with Crippen LogP contribution in [0, 0.1) is 0 Å². The molecule has 1 amide bonds. The Kier molecular flexibility index (Phi) is 5.62. The number of halogens is 2. The highest BCUT2D eigenvalue weighted by atomic mass is 35.5. The van der Waals surface area contributed by atoms with Crippen LogP contribution in [-0.2, 0) is 0 Å². The van der Waals surface area contributed by atoms with E-state index in [1.54, 1.807) is 60.7 Å². The molecule has 2 N–H and O–H groups in total. The van der Waals surface area contributed by atoms with Crippen molar-refractivity contribution >= 4 is 34.8 Å². The monoisotopic (exact) mass is 429 g/mol. The fraction of sp³-hybridized carbons (Fsp3) is 0.136. The lowest BCUT2D eigenvalue weighted by atomic mass is 9.98. The Morgan fingerprint density at radius 3 is 2.31 bits per heavy atom. The van der Waals surface area contributed by atoms with Gasteiger partial charge in [-0.05, 0) is 42.0 Å². The number of fused-ring (bicyclic) bond motifs is 1. The van der Waals surface area contributed by atoms with Crippen LogP contribution in [0.1, 0.15) is 27.6 Å². The Morgan fingerprint density at radius 2 is 1.62 bits per heavy atom. The zero-order valence-corrected chi connectivity index (χ0v) is 16.7. The molecule has 3 aromatic rings. The first kappa shape index (κ1) is 19.6. The average Bonchev–Trinajstić information content (AvgIpc) is 2.73. The fourth-order valence-corrected chi connectivity index (χ4v) is 3.40. The molecule has 1 aliphatic rings. The van der Waals surface area contributed by atoms with Gasteiger partial charge in [0.1, 0.15) is 19.3 Å². The van der Waals surface area contributed by atoms with Crippen molar-refractivity contribution in [2.75, 3.05) is 18.5 Å². The van der Waals surface area contributed by atoms with Crippen molar-refractivity contribution in [1.82, 2.24) is 0 Å². The summed E-state index contributed by atoms with van der Waals surface area (Å²) in [4.78, 5) is 12.7. The molecular formula is C22H17Cl2NO4. The van der Waals surface area contributed by atoms with Gasteiger partial charge in [-0.3, -0.25) is 4.79 Å². The van der Waals surface area contributed by atoms with Crippen LogP contribution >= 0.6 is 23.2 Å². The van der Waals surface area contributed by atoms with Crippen LogP contribution in [-0.4, -0.2) is 24.2 Å². The van der Waals surface area contributed by atoms with Gasteiger partial charge in [-0.25, -0.2) is 0 Å². The lowest BCUT2D eigenvalue weighted by Crippen LogP contribution is -2.18. The fourth-order valence-electron chi connectivity index (χ4n) is 3.09. The zero-order valence-electron chi connectivity index (χ0n) is 15.2. The number of amides is 1. The summed E-state index contributed by atoms with van der Waals surface area (Å²) in [7, 11) is 0. The minimum absolute atomic E-state index is 0.353. The standard InChI is InChI=1S/C22H17Cl2NO4/c23-15-6-4-13(5-7-15)21(26)17-11-19-20(29-9-8-28-19)12-18(17)25-22(27)14-2-1-3-16(24)10-14/h1-7,10-12,21,26H,8-9H2,(H,25,27)/t21-/m0/s1. The molecule has 3 aromatic carbocycles. The van der Waals surface area contributed by atoms with Gasteiger partial charge in [0.2, 0.25) is 0 Å². The van der Waals surface area contributed by atoms with E-state index >= 15 is 0 Å². The van der Waals surface area contributed by atoms with E-state index in [9.17, 15) is 9.90 Å². The molecule has 5 nitrogen and oxygen atoms in total. The summed E-state index contributed by atoms with van der Waals surface area (Å²) in [6, 6.07) is 16.8. The van der Waals surface area contributed by atoms with E-state index in [2.05, 4.69) is 5.32 Å². The van der Waals surface area contributed by atoms with Crippen LogP contribution in [0.2, 0.25) is 10.0 Å². The lowest BCUT2D eigenvalue weighted by Gasteiger charge is -2.23. The smallest absolute Gasteiger partial charge is 0.255 e. The van der Waals surface area contributed by atoms with Gasteiger partial charge in [-0.1, -0.05) is 41.4 Å².